The van der Waals surface area contributed by atoms with Crippen LogP contribution in [0.3, 0.4) is 0 Å². The van der Waals surface area contributed by atoms with Gasteiger partial charge in [0.05, 0.1) is 27.4 Å². The Hall–Kier alpha value is -3.51. The van der Waals surface area contributed by atoms with Crippen LogP contribution in [0.5, 0.6) is 17.2 Å². The molecular formula is C28H32N2O4. The third-order valence-electron chi connectivity index (χ3n) is 6.15. The molecule has 178 valence electrons. The average Bonchev–Trinajstić information content (AvgIpc) is 3.22. The topological polar surface area (TPSA) is 51.2 Å². The highest BCUT2D eigenvalue weighted by Crippen LogP contribution is 2.29. The molecule has 4 rings (SSSR count). The minimum Gasteiger partial charge on any atom is -0.494 e. The first kappa shape index (κ1) is 23.6. The number of likely N-dealkylation sites (N-methyl/N-ethyl adjacent to an activating group) is 1. The predicted octanol–water partition coefficient (Wildman–Crippen LogP) is 4.81. The van der Waals surface area contributed by atoms with Crippen LogP contribution in [0.25, 0.3) is 0 Å². The molecule has 6 nitrogen and oxygen atoms in total. The highest BCUT2D eigenvalue weighted by atomic mass is 16.5. The fraction of sp³-hybridized carbons (Fsp3) is 0.321. The largest absolute Gasteiger partial charge is 0.494 e. The highest BCUT2D eigenvalue weighted by molar-refractivity contribution is 6.09. The van der Waals surface area contributed by atoms with Crippen LogP contribution < -0.4 is 19.1 Å². The molecule has 0 spiro atoms. The summed E-state index contributed by atoms with van der Waals surface area (Å²) in [6.07, 6.45) is 1.88. The minimum absolute atomic E-state index is 0.0559. The van der Waals surface area contributed by atoms with Crippen molar-refractivity contribution in [1.29, 1.82) is 0 Å². The normalized spacial score (nSPS) is 12.7. The molecule has 1 heterocycles. The summed E-state index contributed by atoms with van der Waals surface area (Å²) in [5.74, 6) is 2.39. The standard InChI is InChI=1S/C28H32N2O4/c1-29(17-15-21-9-14-26(32-2)27(19-21)33-3)16-6-18-34-24-12-10-23(11-13-24)30-20-22-7-4-5-8-25(22)28(30)31/h4-5,7-14,19H,6,15-18,20H2,1-3H3. The molecule has 6 heteroatoms. The Morgan fingerprint density at radius 2 is 1.68 bits per heavy atom. The highest BCUT2D eigenvalue weighted by Gasteiger charge is 2.27. The smallest absolute Gasteiger partial charge is 0.258 e. The zero-order chi connectivity index (χ0) is 23.9. The first-order valence-electron chi connectivity index (χ1n) is 11.6. The number of carbonyl (C=O) groups excluding carboxylic acids is 1. The number of hydrogen-bond donors (Lipinski definition) is 0. The van der Waals surface area contributed by atoms with Crippen molar-refractivity contribution in [2.45, 2.75) is 19.4 Å². The molecule has 34 heavy (non-hydrogen) atoms. The van der Waals surface area contributed by atoms with E-state index in [4.69, 9.17) is 14.2 Å². The molecule has 0 bridgehead atoms. The van der Waals surface area contributed by atoms with E-state index in [2.05, 4.69) is 18.0 Å². The molecule has 0 N–H and O–H groups in total. The van der Waals surface area contributed by atoms with Gasteiger partial charge in [0, 0.05) is 24.3 Å². The van der Waals surface area contributed by atoms with Crippen molar-refractivity contribution in [3.8, 4) is 17.2 Å². The molecule has 3 aromatic carbocycles. The van der Waals surface area contributed by atoms with E-state index in [-0.39, 0.29) is 5.91 Å². The third-order valence-corrected chi connectivity index (χ3v) is 6.15. The van der Waals surface area contributed by atoms with Crippen molar-refractivity contribution in [3.05, 3.63) is 83.4 Å². The van der Waals surface area contributed by atoms with E-state index in [0.29, 0.717) is 13.2 Å². The van der Waals surface area contributed by atoms with Crippen molar-refractivity contribution >= 4 is 11.6 Å². The van der Waals surface area contributed by atoms with Gasteiger partial charge in [0.15, 0.2) is 11.5 Å². The second-order valence-corrected chi connectivity index (χ2v) is 8.49. The van der Waals surface area contributed by atoms with Gasteiger partial charge in [-0.1, -0.05) is 24.3 Å². The van der Waals surface area contributed by atoms with Crippen molar-refractivity contribution in [3.63, 3.8) is 0 Å². The molecule has 1 amide bonds. The van der Waals surface area contributed by atoms with Crippen molar-refractivity contribution < 1.29 is 19.0 Å². The average molecular weight is 461 g/mol. The molecule has 0 unspecified atom stereocenters. The van der Waals surface area contributed by atoms with Gasteiger partial charge in [-0.25, -0.2) is 0 Å². The molecule has 0 saturated carbocycles. The van der Waals surface area contributed by atoms with Crippen LogP contribution in [-0.4, -0.2) is 51.8 Å². The van der Waals surface area contributed by atoms with Gasteiger partial charge in [-0.05, 0) is 73.5 Å². The number of hydrogen-bond acceptors (Lipinski definition) is 5. The Kier molecular flexibility index (Phi) is 7.70. The van der Waals surface area contributed by atoms with Crippen LogP contribution in [0, 0.1) is 0 Å². The van der Waals surface area contributed by atoms with Gasteiger partial charge in [-0.15, -0.1) is 0 Å². The van der Waals surface area contributed by atoms with Gasteiger partial charge in [0.1, 0.15) is 5.75 Å². The van der Waals surface area contributed by atoms with Gasteiger partial charge in [0.25, 0.3) is 5.91 Å². The van der Waals surface area contributed by atoms with Gasteiger partial charge in [-0.2, -0.15) is 0 Å². The summed E-state index contributed by atoms with van der Waals surface area (Å²) in [4.78, 5) is 16.8. The van der Waals surface area contributed by atoms with Crippen LogP contribution in [-0.2, 0) is 13.0 Å². The second-order valence-electron chi connectivity index (χ2n) is 8.49. The summed E-state index contributed by atoms with van der Waals surface area (Å²) in [6, 6.07) is 21.6. The van der Waals surface area contributed by atoms with Crippen molar-refractivity contribution in [1.82, 2.24) is 4.90 Å². The summed E-state index contributed by atoms with van der Waals surface area (Å²) in [5.41, 5.74) is 3.98. The van der Waals surface area contributed by atoms with E-state index in [1.54, 1.807) is 14.2 Å². The molecule has 0 saturated heterocycles. The number of methoxy groups -OCH3 is 2. The third kappa shape index (κ3) is 5.51. The zero-order valence-electron chi connectivity index (χ0n) is 20.1. The summed E-state index contributed by atoms with van der Waals surface area (Å²) in [6.45, 7) is 3.17. The van der Waals surface area contributed by atoms with E-state index in [1.807, 2.05) is 65.6 Å². The van der Waals surface area contributed by atoms with Crippen molar-refractivity contribution in [2.24, 2.45) is 0 Å². The molecule has 1 aliphatic heterocycles. The van der Waals surface area contributed by atoms with Gasteiger partial charge < -0.3 is 24.0 Å². The minimum atomic E-state index is 0.0559. The second kappa shape index (κ2) is 11.1. The summed E-state index contributed by atoms with van der Waals surface area (Å²) < 4.78 is 16.6. The van der Waals surface area contributed by atoms with E-state index in [1.165, 1.54) is 5.56 Å². The summed E-state index contributed by atoms with van der Waals surface area (Å²) in [7, 11) is 5.43. The van der Waals surface area contributed by atoms with Crippen molar-refractivity contribution in [2.75, 3.05) is 45.9 Å². The zero-order valence-corrected chi connectivity index (χ0v) is 20.1. The molecular weight excluding hydrogens is 428 g/mol. The van der Waals surface area contributed by atoms with E-state index < -0.39 is 0 Å². The monoisotopic (exact) mass is 460 g/mol. The van der Waals surface area contributed by atoms with Crippen LogP contribution >= 0.6 is 0 Å². The molecule has 0 radical (unpaired) electrons. The number of rotatable bonds is 11. The molecule has 0 aromatic heterocycles. The number of amides is 1. The number of nitrogens with zero attached hydrogens (tertiary/aromatic N) is 2. The van der Waals surface area contributed by atoms with E-state index in [9.17, 15) is 4.79 Å². The van der Waals surface area contributed by atoms with Crippen LogP contribution in [0.1, 0.15) is 27.9 Å². The van der Waals surface area contributed by atoms with E-state index in [0.717, 1.165) is 60.0 Å². The maximum Gasteiger partial charge on any atom is 0.258 e. The van der Waals surface area contributed by atoms with Crippen LogP contribution in [0.4, 0.5) is 5.69 Å². The Labute approximate surface area is 201 Å². The Balaban J connectivity index is 1.18. The molecule has 0 fully saturated rings. The lowest BCUT2D eigenvalue weighted by molar-refractivity contribution is 0.0996. The number of ether oxygens (including phenoxy) is 3. The quantitative estimate of drug-likeness (QED) is 0.385. The fourth-order valence-electron chi connectivity index (χ4n) is 4.18. The predicted molar refractivity (Wildman–Crippen MR) is 134 cm³/mol. The number of fused-ring (bicyclic) bond motifs is 1. The Bertz CT molecular complexity index is 1110. The van der Waals surface area contributed by atoms with Crippen LogP contribution in [0.15, 0.2) is 66.7 Å². The number of benzene rings is 3. The first-order chi connectivity index (χ1) is 16.6. The fourth-order valence-corrected chi connectivity index (χ4v) is 4.18. The van der Waals surface area contributed by atoms with Gasteiger partial charge >= 0.3 is 0 Å². The van der Waals surface area contributed by atoms with E-state index >= 15 is 0 Å². The molecule has 0 aliphatic carbocycles. The lowest BCUT2D eigenvalue weighted by Gasteiger charge is -2.18. The maximum atomic E-state index is 12.6. The lowest BCUT2D eigenvalue weighted by Crippen LogP contribution is -2.24. The Morgan fingerprint density at radius 3 is 2.41 bits per heavy atom. The first-order valence-corrected chi connectivity index (χ1v) is 11.6. The summed E-state index contributed by atoms with van der Waals surface area (Å²) >= 11 is 0. The van der Waals surface area contributed by atoms with Gasteiger partial charge in [0.2, 0.25) is 0 Å². The summed E-state index contributed by atoms with van der Waals surface area (Å²) in [5, 5.41) is 0. The molecule has 3 aromatic rings. The number of anilines is 1. The maximum absolute atomic E-state index is 12.6. The molecule has 0 atom stereocenters. The van der Waals surface area contributed by atoms with Gasteiger partial charge in [-0.3, -0.25) is 4.79 Å². The molecule has 1 aliphatic rings. The Morgan fingerprint density at radius 1 is 0.912 bits per heavy atom. The van der Waals surface area contributed by atoms with Crippen LogP contribution in [0.2, 0.25) is 0 Å². The SMILES string of the molecule is COc1ccc(CCN(C)CCCOc2ccc(N3Cc4ccccc4C3=O)cc2)cc1OC. The number of carbonyl (C=O) groups is 1. The lowest BCUT2D eigenvalue weighted by atomic mass is 10.1.